The number of aryl methyl sites for hydroxylation is 1. The summed E-state index contributed by atoms with van der Waals surface area (Å²) >= 11 is 0. The Labute approximate surface area is 388 Å². The first-order valence-corrected chi connectivity index (χ1v) is 26.1. The Hall–Kier alpha value is -4.66. The molecule has 0 fully saturated rings. The van der Waals surface area contributed by atoms with Crippen molar-refractivity contribution in [2.45, 2.75) is 93.3 Å². The highest BCUT2D eigenvalue weighted by Crippen LogP contribution is 2.49. The Balaban J connectivity index is 1.51. The predicted molar refractivity (Wildman–Crippen MR) is 263 cm³/mol. The third kappa shape index (κ3) is 11.5. The van der Waals surface area contributed by atoms with Crippen LogP contribution in [0.2, 0.25) is 0 Å². The summed E-state index contributed by atoms with van der Waals surface area (Å²) in [6.45, 7) is 12.0. The van der Waals surface area contributed by atoms with Crippen LogP contribution in [-0.2, 0) is 42.0 Å². The first-order valence-electron chi connectivity index (χ1n) is 22.7. The molecule has 0 atom stereocenters. The molecular weight excluding hydrogens is 857 g/mol. The fourth-order valence-electron chi connectivity index (χ4n) is 9.67. The third-order valence-corrected chi connectivity index (χ3v) is 15.1. The van der Waals surface area contributed by atoms with Crippen molar-refractivity contribution in [3.8, 4) is 0 Å². The third-order valence-electron chi connectivity index (χ3n) is 13.2. The Morgan fingerprint density at radius 1 is 0.785 bits per heavy atom. The van der Waals surface area contributed by atoms with Gasteiger partial charge in [-0.3, -0.25) is 9.35 Å². The molecule has 0 radical (unpaired) electrons. The van der Waals surface area contributed by atoms with Crippen LogP contribution >= 0.6 is 0 Å². The second-order valence-electron chi connectivity index (χ2n) is 21.2. The van der Waals surface area contributed by atoms with E-state index in [-0.39, 0.29) is 11.3 Å². The highest BCUT2D eigenvalue weighted by atomic mass is 32.2. The van der Waals surface area contributed by atoms with E-state index in [0.717, 1.165) is 123 Å². The molecule has 0 aromatic heterocycles. The van der Waals surface area contributed by atoms with Crippen LogP contribution in [0.25, 0.3) is 5.57 Å². The fourth-order valence-corrected chi connectivity index (χ4v) is 10.8. The van der Waals surface area contributed by atoms with Crippen molar-refractivity contribution >= 4 is 48.6 Å². The smallest absolute Gasteiger partial charge is 0.303 e. The van der Waals surface area contributed by atoms with E-state index in [1.165, 1.54) is 17.9 Å². The zero-order valence-corrected chi connectivity index (χ0v) is 42.0. The molecule has 0 amide bonds. The molecule has 0 spiro atoms. The summed E-state index contributed by atoms with van der Waals surface area (Å²) in [6, 6.07) is 18.7. The van der Waals surface area contributed by atoms with E-state index in [1.807, 2.05) is 30.3 Å². The summed E-state index contributed by atoms with van der Waals surface area (Å²) in [5.41, 5.74) is 10.3. The lowest BCUT2D eigenvalue weighted by molar-refractivity contribution is -0.871. The van der Waals surface area contributed by atoms with Crippen LogP contribution in [0.3, 0.4) is 0 Å². The van der Waals surface area contributed by atoms with E-state index in [0.29, 0.717) is 11.3 Å². The molecule has 0 saturated carbocycles. The van der Waals surface area contributed by atoms with Gasteiger partial charge in [-0.25, -0.2) is 8.42 Å². The first kappa shape index (κ1) is 49.8. The molecule has 6 rings (SSSR count). The zero-order chi connectivity index (χ0) is 47.9. The van der Waals surface area contributed by atoms with Crippen LogP contribution in [-0.4, -0.2) is 126 Å². The molecule has 2 aliphatic heterocycles. The Morgan fingerprint density at radius 3 is 2.03 bits per heavy atom. The van der Waals surface area contributed by atoms with Gasteiger partial charge in [0, 0.05) is 60.1 Å². The molecule has 3 aliphatic rings. The molecule has 2 heterocycles. The Morgan fingerprint density at radius 2 is 1.42 bits per heavy atom. The van der Waals surface area contributed by atoms with Crippen molar-refractivity contribution in [2.75, 3.05) is 79.6 Å². The van der Waals surface area contributed by atoms with Gasteiger partial charge in [0.05, 0.1) is 77.0 Å². The van der Waals surface area contributed by atoms with Gasteiger partial charge in [0.15, 0.2) is 22.1 Å². The van der Waals surface area contributed by atoms with Crippen molar-refractivity contribution in [1.82, 2.24) is 0 Å². The minimum Gasteiger partial charge on any atom is -0.481 e. The number of rotatable bonds is 17. The van der Waals surface area contributed by atoms with Gasteiger partial charge in [0.25, 0.3) is 10.1 Å². The van der Waals surface area contributed by atoms with Crippen LogP contribution in [0, 0.1) is 0 Å². The second-order valence-corrected chi connectivity index (χ2v) is 24.6. The normalized spacial score (nSPS) is 18.9. The summed E-state index contributed by atoms with van der Waals surface area (Å²) in [6.07, 6.45) is 15.1. The number of hydrogen-bond donors (Lipinski definition) is 2. The maximum Gasteiger partial charge on any atom is 0.303 e. The van der Waals surface area contributed by atoms with Crippen LogP contribution < -0.4 is 4.90 Å². The average Bonchev–Trinajstić information content (AvgIpc) is 3.54. The number of carboxylic acid groups (broad SMARTS) is 1. The molecule has 0 bridgehead atoms. The number of allylic oxidation sites excluding steroid dienone is 8. The number of anilines is 1. The van der Waals surface area contributed by atoms with Gasteiger partial charge in [-0.1, -0.05) is 50.3 Å². The molecule has 11 nitrogen and oxygen atoms in total. The Kier molecular flexibility index (Phi) is 14.2. The number of nitrogens with zero attached hydrogens (tertiary/aromatic N) is 4. The summed E-state index contributed by atoms with van der Waals surface area (Å²) < 4.78 is 64.3. The van der Waals surface area contributed by atoms with Gasteiger partial charge in [0.2, 0.25) is 5.69 Å². The highest BCUT2D eigenvalue weighted by Gasteiger charge is 2.45. The molecule has 1 aliphatic carbocycles. The average molecular weight is 928 g/mol. The van der Waals surface area contributed by atoms with Gasteiger partial charge in [-0.05, 0) is 109 Å². The first-order chi connectivity index (χ1) is 30.1. The van der Waals surface area contributed by atoms with Crippen molar-refractivity contribution < 1.29 is 44.8 Å². The summed E-state index contributed by atoms with van der Waals surface area (Å²) in [5, 5.41) is 9.39. The number of benzene rings is 3. The van der Waals surface area contributed by atoms with E-state index in [4.69, 9.17) is 0 Å². The number of aliphatic carboxylic acids is 1. The SMILES string of the molecule is CC1(C)C(=CC=C2CCCC(C=CC3=[N+](CCC[N+](C)(C)C)c4ccc(S(C)(=O)=O)cc4C3(C)C)=C2c2ccc(CCC(=O)O)cc2)N(CCC[N+](C)(C)C)c2ccc(S(=O)(=O)O)cc21. The monoisotopic (exact) mass is 927 g/mol. The molecule has 3 aromatic carbocycles. The van der Waals surface area contributed by atoms with Gasteiger partial charge in [-0.2, -0.15) is 13.0 Å². The molecular formula is C52H71N4O7S2+3. The van der Waals surface area contributed by atoms with Gasteiger partial charge >= 0.3 is 5.97 Å². The highest BCUT2D eigenvalue weighted by molar-refractivity contribution is 7.90. The minimum absolute atomic E-state index is 0.0532. The van der Waals surface area contributed by atoms with Crippen LogP contribution in [0.1, 0.15) is 88.5 Å². The lowest BCUT2D eigenvalue weighted by atomic mass is 9.79. The second kappa shape index (κ2) is 18.6. The fraction of sp³-hybridized carbons (Fsp3) is 0.462. The maximum atomic E-state index is 12.8. The van der Waals surface area contributed by atoms with E-state index >= 15 is 0 Å². The topological polar surface area (TPSA) is 132 Å². The summed E-state index contributed by atoms with van der Waals surface area (Å²) in [4.78, 5) is 13.9. The maximum absolute atomic E-state index is 12.8. The number of carbonyl (C=O) groups is 1. The molecule has 2 N–H and O–H groups in total. The molecule has 350 valence electrons. The largest absolute Gasteiger partial charge is 0.481 e. The minimum atomic E-state index is -4.41. The van der Waals surface area contributed by atoms with E-state index in [2.05, 4.69) is 116 Å². The lowest BCUT2D eigenvalue weighted by Crippen LogP contribution is -2.37. The van der Waals surface area contributed by atoms with Gasteiger partial charge in [-0.15, -0.1) is 0 Å². The van der Waals surface area contributed by atoms with Crippen molar-refractivity contribution in [2.24, 2.45) is 0 Å². The van der Waals surface area contributed by atoms with Gasteiger partial charge < -0.3 is 19.0 Å². The standard InChI is InChI=1S/C52H69N4O7S2/c1-51(2)43-35-41(64(11,59)60)24-26-45(43)53(31-13-33-55(5,6)7)47(51)28-22-38-15-12-16-39(50(38)40-20-17-37(18-21-40)19-30-49(57)58)23-29-48-52(3,4)44-36-42(65(61,62)63)25-27-46(44)54(48)32-14-34-56(8,9)10/h17-18,20-29,35-36H,12-16,19,30-34H2,1-11H3/q+1/p+2. The van der Waals surface area contributed by atoms with E-state index in [9.17, 15) is 31.3 Å². The number of fused-ring (bicyclic) bond motifs is 2. The van der Waals surface area contributed by atoms with Crippen molar-refractivity contribution in [1.29, 1.82) is 0 Å². The Bertz CT molecular complexity index is 2730. The molecule has 3 aromatic rings. The summed E-state index contributed by atoms with van der Waals surface area (Å²) in [5.74, 6) is -0.832. The molecule has 0 saturated heterocycles. The lowest BCUT2D eigenvalue weighted by Gasteiger charge is -2.29. The number of sulfone groups is 1. The van der Waals surface area contributed by atoms with Crippen LogP contribution in [0.4, 0.5) is 11.4 Å². The van der Waals surface area contributed by atoms with Crippen molar-refractivity contribution in [3.05, 3.63) is 124 Å². The quantitative estimate of drug-likeness (QED) is 0.0781. The van der Waals surface area contributed by atoms with E-state index < -0.39 is 36.8 Å². The number of hydrogen-bond acceptors (Lipinski definition) is 6. The predicted octanol–water partition coefficient (Wildman–Crippen LogP) is 8.72. The zero-order valence-electron chi connectivity index (χ0n) is 40.4. The van der Waals surface area contributed by atoms with Gasteiger partial charge in [0.1, 0.15) is 0 Å². The van der Waals surface area contributed by atoms with E-state index in [1.54, 1.807) is 12.1 Å². The number of quaternary nitrogens is 2. The number of carboxylic acids is 1. The molecule has 0 unspecified atom stereocenters. The summed E-state index contributed by atoms with van der Waals surface area (Å²) in [7, 11) is 5.27. The molecule has 13 heteroatoms. The molecule has 65 heavy (non-hydrogen) atoms. The van der Waals surface area contributed by atoms with Crippen molar-refractivity contribution in [3.63, 3.8) is 0 Å². The van der Waals surface area contributed by atoms with Crippen LogP contribution in [0.5, 0.6) is 0 Å². The van der Waals surface area contributed by atoms with Crippen LogP contribution in [0.15, 0.2) is 112 Å².